The third kappa shape index (κ3) is 3.17. The number of halogens is 3. The largest absolute Gasteiger partial charge is 0.467 e. The Morgan fingerprint density at radius 3 is 2.77 bits per heavy atom. The van der Waals surface area contributed by atoms with Gasteiger partial charge in [-0.1, -0.05) is 0 Å². The van der Waals surface area contributed by atoms with Crippen LogP contribution in [0.4, 0.5) is 19.0 Å². The van der Waals surface area contributed by atoms with Crippen LogP contribution in [-0.2, 0) is 0 Å². The zero-order valence-electron chi connectivity index (χ0n) is 13.7. The summed E-state index contributed by atoms with van der Waals surface area (Å²) in [6, 6.07) is 2.23. The minimum absolute atomic E-state index is 0.0359. The SMILES string of the molecule is O=C(c1cc2n(n1)[C@H](C(F)(F)F)C[C@H](c1ccco1)N2)N1CCSCC1. The molecule has 6 nitrogen and oxygen atoms in total. The van der Waals surface area contributed by atoms with Gasteiger partial charge in [-0.05, 0) is 12.1 Å². The van der Waals surface area contributed by atoms with Crippen molar-refractivity contribution in [2.45, 2.75) is 24.7 Å². The quantitative estimate of drug-likeness (QED) is 0.858. The molecule has 0 bridgehead atoms. The van der Waals surface area contributed by atoms with Crippen molar-refractivity contribution in [2.24, 2.45) is 0 Å². The molecule has 2 aliphatic rings. The van der Waals surface area contributed by atoms with Crippen molar-refractivity contribution in [3.63, 3.8) is 0 Å². The van der Waals surface area contributed by atoms with Crippen molar-refractivity contribution in [3.05, 3.63) is 35.9 Å². The predicted octanol–water partition coefficient (Wildman–Crippen LogP) is 3.33. The summed E-state index contributed by atoms with van der Waals surface area (Å²) in [7, 11) is 0. The number of thioether (sulfide) groups is 1. The lowest BCUT2D eigenvalue weighted by molar-refractivity contribution is -0.174. The lowest BCUT2D eigenvalue weighted by Gasteiger charge is -2.32. The molecule has 0 unspecified atom stereocenters. The lowest BCUT2D eigenvalue weighted by Crippen LogP contribution is -2.38. The second-order valence-electron chi connectivity index (χ2n) is 6.27. The van der Waals surface area contributed by atoms with Gasteiger partial charge in [-0.3, -0.25) is 4.79 Å². The van der Waals surface area contributed by atoms with E-state index in [4.69, 9.17) is 4.42 Å². The van der Waals surface area contributed by atoms with Crippen LogP contribution in [0, 0.1) is 0 Å². The molecular formula is C16H17F3N4O2S. The summed E-state index contributed by atoms with van der Waals surface area (Å²) in [5.74, 6) is 1.92. The molecule has 1 N–H and O–H groups in total. The highest BCUT2D eigenvalue weighted by Crippen LogP contribution is 2.43. The molecule has 0 saturated carbocycles. The van der Waals surface area contributed by atoms with Gasteiger partial charge in [0, 0.05) is 37.1 Å². The molecule has 1 amide bonds. The van der Waals surface area contributed by atoms with Crippen molar-refractivity contribution in [1.29, 1.82) is 0 Å². The molecule has 0 aromatic carbocycles. The van der Waals surface area contributed by atoms with Crippen LogP contribution in [0.2, 0.25) is 0 Å². The first-order chi connectivity index (χ1) is 12.4. The fourth-order valence-electron chi connectivity index (χ4n) is 3.28. The fourth-order valence-corrected chi connectivity index (χ4v) is 4.19. The number of carbonyl (C=O) groups is 1. The summed E-state index contributed by atoms with van der Waals surface area (Å²) in [4.78, 5) is 14.2. The third-order valence-electron chi connectivity index (χ3n) is 4.59. The van der Waals surface area contributed by atoms with Crippen molar-refractivity contribution in [2.75, 3.05) is 29.9 Å². The molecule has 2 aliphatic heterocycles. The number of alkyl halides is 3. The summed E-state index contributed by atoms with van der Waals surface area (Å²) >= 11 is 1.75. The van der Waals surface area contributed by atoms with E-state index in [1.54, 1.807) is 28.8 Å². The number of fused-ring (bicyclic) bond motifs is 1. The van der Waals surface area contributed by atoms with Gasteiger partial charge >= 0.3 is 6.18 Å². The molecule has 0 spiro atoms. The highest BCUT2D eigenvalue weighted by Gasteiger charge is 2.47. The fraction of sp³-hybridized carbons (Fsp3) is 0.500. The van der Waals surface area contributed by atoms with Gasteiger partial charge in [0.15, 0.2) is 11.7 Å². The molecule has 2 atom stereocenters. The molecule has 4 rings (SSSR count). The first-order valence-electron chi connectivity index (χ1n) is 8.26. The summed E-state index contributed by atoms with van der Waals surface area (Å²) in [5, 5.41) is 7.01. The van der Waals surface area contributed by atoms with Crippen LogP contribution in [-0.4, -0.2) is 51.4 Å². The van der Waals surface area contributed by atoms with Crippen LogP contribution < -0.4 is 5.32 Å². The van der Waals surface area contributed by atoms with E-state index < -0.39 is 18.3 Å². The van der Waals surface area contributed by atoms with Crippen molar-refractivity contribution in [3.8, 4) is 0 Å². The Balaban J connectivity index is 1.66. The summed E-state index contributed by atoms with van der Waals surface area (Å²) in [5.41, 5.74) is 0.0359. The van der Waals surface area contributed by atoms with Gasteiger partial charge < -0.3 is 14.6 Å². The summed E-state index contributed by atoms with van der Waals surface area (Å²) < 4.78 is 46.9. The number of nitrogens with one attached hydrogen (secondary N) is 1. The molecule has 1 fully saturated rings. The maximum atomic E-state index is 13.6. The molecule has 10 heteroatoms. The average Bonchev–Trinajstić information content (AvgIpc) is 3.29. The second kappa shape index (κ2) is 6.57. The smallest absolute Gasteiger partial charge is 0.410 e. The monoisotopic (exact) mass is 386 g/mol. The van der Waals surface area contributed by atoms with Crippen molar-refractivity contribution in [1.82, 2.24) is 14.7 Å². The van der Waals surface area contributed by atoms with Crippen LogP contribution >= 0.6 is 11.8 Å². The van der Waals surface area contributed by atoms with E-state index in [0.717, 1.165) is 16.2 Å². The van der Waals surface area contributed by atoms with Crippen LogP contribution in [0.1, 0.15) is 34.8 Å². The number of hydrogen-bond acceptors (Lipinski definition) is 5. The molecule has 4 heterocycles. The van der Waals surface area contributed by atoms with Crippen LogP contribution in [0.3, 0.4) is 0 Å². The summed E-state index contributed by atoms with van der Waals surface area (Å²) in [6.45, 7) is 1.16. The molecule has 1 saturated heterocycles. The van der Waals surface area contributed by atoms with Gasteiger partial charge in [-0.15, -0.1) is 0 Å². The van der Waals surface area contributed by atoms with Gasteiger partial charge in [0.1, 0.15) is 11.6 Å². The Kier molecular flexibility index (Phi) is 4.37. The number of furan rings is 1. The average molecular weight is 386 g/mol. The second-order valence-corrected chi connectivity index (χ2v) is 7.49. The minimum Gasteiger partial charge on any atom is -0.467 e. The van der Waals surface area contributed by atoms with Crippen LogP contribution in [0.5, 0.6) is 0 Å². The number of rotatable bonds is 2. The van der Waals surface area contributed by atoms with Gasteiger partial charge in [0.25, 0.3) is 5.91 Å². The third-order valence-corrected chi connectivity index (χ3v) is 5.54. The number of anilines is 1. The Morgan fingerprint density at radius 1 is 1.35 bits per heavy atom. The predicted molar refractivity (Wildman–Crippen MR) is 90.2 cm³/mol. The zero-order valence-corrected chi connectivity index (χ0v) is 14.5. The molecule has 140 valence electrons. The van der Waals surface area contributed by atoms with E-state index in [2.05, 4.69) is 10.4 Å². The van der Waals surface area contributed by atoms with Crippen LogP contribution in [0.25, 0.3) is 0 Å². The van der Waals surface area contributed by atoms with Gasteiger partial charge in [-0.25, -0.2) is 4.68 Å². The Morgan fingerprint density at radius 2 is 2.12 bits per heavy atom. The van der Waals surface area contributed by atoms with Crippen LogP contribution in [0.15, 0.2) is 28.9 Å². The Hall–Kier alpha value is -2.10. The van der Waals surface area contributed by atoms with E-state index in [1.807, 2.05) is 0 Å². The highest BCUT2D eigenvalue weighted by molar-refractivity contribution is 7.99. The topological polar surface area (TPSA) is 63.3 Å². The van der Waals surface area contributed by atoms with Crippen molar-refractivity contribution < 1.29 is 22.4 Å². The Labute approximate surface area is 151 Å². The number of hydrogen-bond donors (Lipinski definition) is 1. The molecular weight excluding hydrogens is 369 g/mol. The lowest BCUT2D eigenvalue weighted by atomic mass is 10.0. The maximum absolute atomic E-state index is 13.6. The molecule has 26 heavy (non-hydrogen) atoms. The van der Waals surface area contributed by atoms with Gasteiger partial charge in [-0.2, -0.15) is 30.0 Å². The molecule has 0 aliphatic carbocycles. The normalized spacial score (nSPS) is 23.4. The number of nitrogens with zero attached hydrogens (tertiary/aromatic N) is 3. The van der Waals surface area contributed by atoms with E-state index >= 15 is 0 Å². The highest BCUT2D eigenvalue weighted by atomic mass is 32.2. The molecule has 2 aromatic heterocycles. The van der Waals surface area contributed by atoms with Crippen molar-refractivity contribution >= 4 is 23.5 Å². The first kappa shape index (κ1) is 17.3. The Bertz CT molecular complexity index is 784. The zero-order chi connectivity index (χ0) is 18.3. The number of carbonyl (C=O) groups excluding carboxylic acids is 1. The molecule has 2 aromatic rings. The summed E-state index contributed by atoms with van der Waals surface area (Å²) in [6.07, 6.45) is -3.30. The van der Waals surface area contributed by atoms with E-state index in [0.29, 0.717) is 18.8 Å². The standard InChI is InChI=1S/C16H17F3N4O2S/c17-16(18,19)13-8-10(12-2-1-5-25-12)20-14-9-11(21-23(13)14)15(24)22-3-6-26-7-4-22/h1-2,5,9-10,13,20H,3-4,6-8H2/t10-,13+/m1/s1. The van der Waals surface area contributed by atoms with E-state index in [9.17, 15) is 18.0 Å². The number of aromatic nitrogens is 2. The van der Waals surface area contributed by atoms with E-state index in [-0.39, 0.29) is 23.8 Å². The molecule has 0 radical (unpaired) electrons. The first-order valence-corrected chi connectivity index (χ1v) is 9.42. The van der Waals surface area contributed by atoms with Gasteiger partial charge in [0.05, 0.1) is 12.3 Å². The maximum Gasteiger partial charge on any atom is 0.410 e. The van der Waals surface area contributed by atoms with E-state index in [1.165, 1.54) is 12.3 Å². The number of amides is 1. The van der Waals surface area contributed by atoms with Gasteiger partial charge in [0.2, 0.25) is 0 Å². The minimum atomic E-state index is -4.48.